The highest BCUT2D eigenvalue weighted by molar-refractivity contribution is 7.20. The maximum Gasteiger partial charge on any atom is 0.269 e. The summed E-state index contributed by atoms with van der Waals surface area (Å²) in [6, 6.07) is 14.5. The summed E-state index contributed by atoms with van der Waals surface area (Å²) in [5.74, 6) is -69.5. The Labute approximate surface area is 352 Å². The molecule has 2 heterocycles. The number of hydrogen-bond acceptors (Lipinski definition) is 3. The first-order chi connectivity index (χ1) is 30.6. The van der Waals surface area contributed by atoms with E-state index in [0.717, 1.165) is 28.3 Å². The van der Waals surface area contributed by atoms with Gasteiger partial charge in [-0.1, -0.05) is 41.7 Å². The third-order valence-electron chi connectivity index (χ3n) is 10.1. The highest BCUT2D eigenvalue weighted by Crippen LogP contribution is 2.36. The van der Waals surface area contributed by atoms with E-state index in [1.807, 2.05) is 18.2 Å². The van der Waals surface area contributed by atoms with E-state index < -0.39 is 144 Å². The Morgan fingerprint density at radius 3 is 1.02 bits per heavy atom. The lowest BCUT2D eigenvalue weighted by Crippen LogP contribution is -2.81. The van der Waals surface area contributed by atoms with Gasteiger partial charge in [-0.05, 0) is 12.1 Å². The van der Waals surface area contributed by atoms with Gasteiger partial charge >= 0.3 is 0 Å². The van der Waals surface area contributed by atoms with Crippen molar-refractivity contribution in [1.82, 2.24) is 0 Å². The van der Waals surface area contributed by atoms with Gasteiger partial charge in [-0.3, -0.25) is 0 Å². The summed E-state index contributed by atoms with van der Waals surface area (Å²) in [5.41, 5.74) is -9.77. The number of thiazole rings is 1. The maximum absolute atomic E-state index is 15.4. The number of rotatable bonds is 6. The van der Waals surface area contributed by atoms with E-state index in [1.165, 1.54) is 5.56 Å². The standard InChI is InChI=1S/C24BF20.C16H14NO2S/c26-5-1(6(27)14(35)21(42)13(5)34)25(2-7(28)15(36)22(43)16(37)8(2)29,3-9(30)17(38)23(44)18(39)10(3)31)4-11(32)19(40)24(45)20(41)12(4)33;1-2-4-12(5-3-1)10-17-11-20-16-14-7-6-13(15(16)17)18-8-9-19-14/h;1-7,11H,8-10H2/q-1;+1. The molecule has 3 nitrogen and oxygen atoms in total. The number of nitrogens with zero attached hydrogens (tertiary/aromatic N) is 1. The van der Waals surface area contributed by atoms with Gasteiger partial charge in [0.05, 0.1) is 0 Å². The van der Waals surface area contributed by atoms with Crippen LogP contribution >= 0.6 is 11.3 Å². The number of ether oxygens (including phenoxy) is 2. The zero-order valence-electron chi connectivity index (χ0n) is 31.0. The average Bonchev–Trinajstić information content (AvgIpc) is 3.70. The first-order valence-electron chi connectivity index (χ1n) is 17.6. The van der Waals surface area contributed by atoms with Crippen molar-refractivity contribution in [2.45, 2.75) is 6.54 Å². The molecule has 0 radical (unpaired) electrons. The third-order valence-corrected chi connectivity index (χ3v) is 11.1. The van der Waals surface area contributed by atoms with E-state index in [9.17, 15) is 52.7 Å². The van der Waals surface area contributed by atoms with Gasteiger partial charge < -0.3 is 9.47 Å². The Morgan fingerprint density at radius 1 is 0.385 bits per heavy atom. The topological polar surface area (TPSA) is 22.3 Å². The van der Waals surface area contributed by atoms with E-state index in [0.29, 0.717) is 13.2 Å². The largest absolute Gasteiger partial charge is 0.488 e. The summed E-state index contributed by atoms with van der Waals surface area (Å²) in [6.07, 6.45) is -7.22. The van der Waals surface area contributed by atoms with E-state index >= 15 is 35.1 Å². The summed E-state index contributed by atoms with van der Waals surface area (Å²) >= 11 is 1.71. The van der Waals surface area contributed by atoms with Crippen molar-refractivity contribution in [2.75, 3.05) is 13.2 Å². The van der Waals surface area contributed by atoms with Gasteiger partial charge in [-0.15, -0.1) is 21.9 Å². The molecule has 0 fully saturated rings. The van der Waals surface area contributed by atoms with E-state index in [2.05, 4.69) is 34.3 Å². The summed E-state index contributed by atoms with van der Waals surface area (Å²) in [6.45, 7) is 2.06. The molecule has 1 aliphatic heterocycles. The Morgan fingerprint density at radius 2 is 0.677 bits per heavy atom. The van der Waals surface area contributed by atoms with Crippen LogP contribution in [0.4, 0.5) is 87.8 Å². The molecule has 0 saturated heterocycles. The van der Waals surface area contributed by atoms with Gasteiger partial charge in [0.15, 0.2) is 86.8 Å². The van der Waals surface area contributed by atoms with Crippen LogP contribution in [0.1, 0.15) is 5.56 Å². The van der Waals surface area contributed by atoms with Crippen LogP contribution in [0.5, 0.6) is 11.5 Å². The first-order valence-corrected chi connectivity index (χ1v) is 18.5. The predicted molar refractivity (Wildman–Crippen MR) is 188 cm³/mol. The highest BCUT2D eigenvalue weighted by atomic mass is 32.1. The van der Waals surface area contributed by atoms with Crippen molar-refractivity contribution in [3.05, 3.63) is 170 Å². The molecular formula is C40H14BF20NO2S. The molecule has 25 heteroatoms. The molecule has 1 aromatic heterocycles. The van der Waals surface area contributed by atoms with Crippen molar-refractivity contribution in [1.29, 1.82) is 0 Å². The Hall–Kier alpha value is -6.53. The Balaban J connectivity index is 0.000000258. The van der Waals surface area contributed by atoms with E-state index in [4.69, 9.17) is 9.47 Å². The Bertz CT molecular complexity index is 2710. The fourth-order valence-electron chi connectivity index (χ4n) is 7.39. The van der Waals surface area contributed by atoms with Gasteiger partial charge in [-0.2, -0.15) is 4.57 Å². The second-order valence-electron chi connectivity index (χ2n) is 13.6. The molecule has 7 aromatic rings. The minimum absolute atomic E-state index is 0.601. The fourth-order valence-corrected chi connectivity index (χ4v) is 8.38. The quantitative estimate of drug-likeness (QED) is 0.0547. The second-order valence-corrected chi connectivity index (χ2v) is 14.4. The van der Waals surface area contributed by atoms with Crippen LogP contribution < -0.4 is 35.9 Å². The number of fused-ring (bicyclic) bond motifs is 6. The number of benzene rings is 6. The van der Waals surface area contributed by atoms with Crippen LogP contribution in [0.15, 0.2) is 48.0 Å². The van der Waals surface area contributed by atoms with Crippen LogP contribution in [0.2, 0.25) is 0 Å². The van der Waals surface area contributed by atoms with Gasteiger partial charge in [0.2, 0.25) is 5.51 Å². The van der Waals surface area contributed by atoms with Crippen molar-refractivity contribution in [3.63, 3.8) is 0 Å². The molecule has 340 valence electrons. The molecule has 0 aliphatic carbocycles. The predicted octanol–water partition coefficient (Wildman–Crippen LogP) is 8.85. The lowest BCUT2D eigenvalue weighted by molar-refractivity contribution is -0.658. The van der Waals surface area contributed by atoms with Gasteiger partial charge in [0.1, 0.15) is 71.6 Å². The molecule has 0 N–H and O–H groups in total. The molecule has 0 atom stereocenters. The maximum atomic E-state index is 15.4. The number of hydrogen-bond donors (Lipinski definition) is 0. The smallest absolute Gasteiger partial charge is 0.269 e. The molecular weight excluding hydrogens is 949 g/mol. The van der Waals surface area contributed by atoms with Crippen molar-refractivity contribution in [3.8, 4) is 11.5 Å². The second kappa shape index (κ2) is 17.1. The third kappa shape index (κ3) is 7.04. The molecule has 0 saturated carbocycles. The molecule has 0 spiro atoms. The summed E-state index contributed by atoms with van der Waals surface area (Å²) in [5, 5.41) is 0. The molecule has 2 bridgehead atoms. The van der Waals surface area contributed by atoms with Crippen molar-refractivity contribution < 1.29 is 102 Å². The monoisotopic (exact) mass is 963 g/mol. The number of aromatic nitrogens is 1. The SMILES string of the molecule is Fc1c(F)c(F)c([B-](c2c(F)c(F)c(F)c(F)c2F)(c2c(F)c(F)c(F)c(F)c2F)c2c(F)c(F)c(F)c(F)c2F)c(F)c1F.c1ccc(C[n+]2csc3c4ccc(c32)OCCO4)cc1. The Kier molecular flexibility index (Phi) is 12.2. The first kappa shape index (κ1) is 46.5. The molecule has 6 aromatic carbocycles. The summed E-state index contributed by atoms with van der Waals surface area (Å²) in [7, 11) is 0. The lowest BCUT2D eigenvalue weighted by Gasteiger charge is -2.44. The van der Waals surface area contributed by atoms with Crippen molar-refractivity contribution >= 4 is 49.6 Å². The molecule has 1 aliphatic rings. The zero-order valence-corrected chi connectivity index (χ0v) is 31.9. The summed E-state index contributed by atoms with van der Waals surface area (Å²) in [4.78, 5) is 0. The molecule has 65 heavy (non-hydrogen) atoms. The molecule has 0 amide bonds. The van der Waals surface area contributed by atoms with E-state index in [1.54, 1.807) is 11.3 Å². The average molecular weight is 963 g/mol. The number of halogens is 20. The highest BCUT2D eigenvalue weighted by Gasteiger charge is 2.52. The molecule has 8 rings (SSSR count). The molecule has 0 unspecified atom stereocenters. The van der Waals surface area contributed by atoms with Crippen LogP contribution in [-0.2, 0) is 6.54 Å². The van der Waals surface area contributed by atoms with Gasteiger partial charge in [0, 0.05) is 5.56 Å². The fraction of sp³-hybridized carbons (Fsp3) is 0.0750. The minimum atomic E-state index is -7.22. The normalized spacial score (nSPS) is 12.5. The van der Waals surface area contributed by atoms with Crippen LogP contribution in [0.25, 0.3) is 10.2 Å². The van der Waals surface area contributed by atoms with Crippen LogP contribution in [0, 0.1) is 116 Å². The van der Waals surface area contributed by atoms with Crippen molar-refractivity contribution in [2.24, 2.45) is 0 Å². The van der Waals surface area contributed by atoms with Gasteiger partial charge in [0.25, 0.3) is 5.52 Å². The van der Waals surface area contributed by atoms with E-state index in [-0.39, 0.29) is 0 Å². The minimum Gasteiger partial charge on any atom is -0.488 e. The lowest BCUT2D eigenvalue weighted by atomic mass is 9.12. The van der Waals surface area contributed by atoms with Crippen LogP contribution in [-0.4, -0.2) is 19.4 Å². The summed E-state index contributed by atoms with van der Waals surface area (Å²) < 4.78 is 309. The zero-order chi connectivity index (χ0) is 47.7. The van der Waals surface area contributed by atoms with Gasteiger partial charge in [-0.25, -0.2) is 87.8 Å². The van der Waals surface area contributed by atoms with Crippen LogP contribution in [0.3, 0.4) is 0 Å².